The minimum absolute atomic E-state index is 0.0463. The molecule has 0 unspecified atom stereocenters. The van der Waals surface area contributed by atoms with Crippen LogP contribution in [0.2, 0.25) is 5.02 Å². The summed E-state index contributed by atoms with van der Waals surface area (Å²) >= 11 is 7.31. The maximum Gasteiger partial charge on any atom is 0.262 e. The van der Waals surface area contributed by atoms with Crippen molar-refractivity contribution in [1.82, 2.24) is 14.9 Å². The Labute approximate surface area is 157 Å². The van der Waals surface area contributed by atoms with E-state index in [1.54, 1.807) is 22.8 Å². The fourth-order valence-electron chi connectivity index (χ4n) is 2.40. The molecule has 0 atom stereocenters. The van der Waals surface area contributed by atoms with Crippen LogP contribution in [0.1, 0.15) is 33.6 Å². The molecule has 2 aromatic rings. The van der Waals surface area contributed by atoms with E-state index in [1.165, 1.54) is 11.8 Å². The summed E-state index contributed by atoms with van der Waals surface area (Å²) in [4.78, 5) is 29.4. The van der Waals surface area contributed by atoms with E-state index in [2.05, 4.69) is 17.2 Å². The van der Waals surface area contributed by atoms with Crippen molar-refractivity contribution in [3.05, 3.63) is 33.6 Å². The first-order valence-electron chi connectivity index (χ1n) is 8.52. The van der Waals surface area contributed by atoms with E-state index in [-0.39, 0.29) is 17.2 Å². The zero-order valence-electron chi connectivity index (χ0n) is 14.8. The van der Waals surface area contributed by atoms with E-state index in [9.17, 15) is 9.59 Å². The maximum atomic E-state index is 12.8. The van der Waals surface area contributed by atoms with Crippen LogP contribution in [-0.4, -0.2) is 27.8 Å². The molecule has 1 aromatic carbocycles. The molecule has 0 radical (unpaired) electrons. The molecule has 1 aromatic heterocycles. The number of fused-ring (bicyclic) bond motifs is 1. The Balaban J connectivity index is 2.29. The fourth-order valence-corrected chi connectivity index (χ4v) is 3.40. The van der Waals surface area contributed by atoms with Gasteiger partial charge in [0.2, 0.25) is 5.91 Å². The quantitative estimate of drug-likeness (QED) is 0.430. The van der Waals surface area contributed by atoms with Gasteiger partial charge in [0.1, 0.15) is 0 Å². The maximum absolute atomic E-state index is 12.8. The summed E-state index contributed by atoms with van der Waals surface area (Å²) in [5, 5.41) is 4.51. The molecule has 0 bridgehead atoms. The molecule has 1 heterocycles. The highest BCUT2D eigenvalue weighted by molar-refractivity contribution is 7.99. The van der Waals surface area contributed by atoms with Gasteiger partial charge in [0, 0.05) is 18.1 Å². The lowest BCUT2D eigenvalue weighted by Gasteiger charge is -2.15. The number of carbonyl (C=O) groups excluding carboxylic acids is 1. The number of amides is 1. The van der Waals surface area contributed by atoms with Crippen molar-refractivity contribution in [2.45, 2.75) is 45.3 Å². The van der Waals surface area contributed by atoms with Gasteiger partial charge in [0.15, 0.2) is 5.16 Å². The van der Waals surface area contributed by atoms with Gasteiger partial charge in [-0.3, -0.25) is 14.2 Å². The number of hydrogen-bond donors (Lipinski definition) is 1. The van der Waals surface area contributed by atoms with Crippen LogP contribution in [0.4, 0.5) is 0 Å². The molecule has 0 aliphatic heterocycles. The second-order valence-electron chi connectivity index (χ2n) is 6.36. The number of benzene rings is 1. The molecule has 2 rings (SSSR count). The lowest BCUT2D eigenvalue weighted by atomic mass is 10.2. The molecule has 0 fully saturated rings. The van der Waals surface area contributed by atoms with Gasteiger partial charge in [-0.15, -0.1) is 0 Å². The van der Waals surface area contributed by atoms with Crippen LogP contribution in [0.25, 0.3) is 10.9 Å². The van der Waals surface area contributed by atoms with Crippen molar-refractivity contribution in [3.63, 3.8) is 0 Å². The van der Waals surface area contributed by atoms with Gasteiger partial charge in [-0.05, 0) is 30.5 Å². The van der Waals surface area contributed by atoms with Crippen LogP contribution >= 0.6 is 23.4 Å². The predicted molar refractivity (Wildman–Crippen MR) is 104 cm³/mol. The highest BCUT2D eigenvalue weighted by Gasteiger charge is 2.14. The Morgan fingerprint density at radius 3 is 2.84 bits per heavy atom. The van der Waals surface area contributed by atoms with E-state index in [0.29, 0.717) is 40.1 Å². The summed E-state index contributed by atoms with van der Waals surface area (Å²) in [6.45, 7) is 7.41. The van der Waals surface area contributed by atoms with Gasteiger partial charge in [-0.25, -0.2) is 4.98 Å². The SMILES string of the molecule is CCCCNC(=O)CSc1nc2cc(Cl)ccc2c(=O)n1CC(C)C. The van der Waals surface area contributed by atoms with E-state index in [0.717, 1.165) is 12.8 Å². The number of aromatic nitrogens is 2. The molecule has 7 heteroatoms. The number of nitrogens with one attached hydrogen (secondary N) is 1. The summed E-state index contributed by atoms with van der Waals surface area (Å²) in [5.74, 6) is 0.484. The second-order valence-corrected chi connectivity index (χ2v) is 7.74. The number of hydrogen-bond acceptors (Lipinski definition) is 4. The largest absolute Gasteiger partial charge is 0.355 e. The van der Waals surface area contributed by atoms with Crippen molar-refractivity contribution in [2.75, 3.05) is 12.3 Å². The van der Waals surface area contributed by atoms with Crippen LogP contribution < -0.4 is 10.9 Å². The van der Waals surface area contributed by atoms with Crippen molar-refractivity contribution < 1.29 is 4.79 Å². The Kier molecular flexibility index (Phi) is 7.32. The van der Waals surface area contributed by atoms with Gasteiger partial charge in [-0.1, -0.05) is 50.6 Å². The van der Waals surface area contributed by atoms with Crippen molar-refractivity contribution in [3.8, 4) is 0 Å². The monoisotopic (exact) mass is 381 g/mol. The first-order chi connectivity index (χ1) is 11.9. The molecule has 0 spiro atoms. The minimum atomic E-state index is -0.0933. The molecule has 1 N–H and O–H groups in total. The van der Waals surface area contributed by atoms with Gasteiger partial charge in [-0.2, -0.15) is 0 Å². The van der Waals surface area contributed by atoms with E-state index >= 15 is 0 Å². The van der Waals surface area contributed by atoms with Gasteiger partial charge < -0.3 is 5.32 Å². The highest BCUT2D eigenvalue weighted by Crippen LogP contribution is 2.21. The van der Waals surface area contributed by atoms with E-state index in [4.69, 9.17) is 11.6 Å². The summed E-state index contributed by atoms with van der Waals surface area (Å²) in [6, 6.07) is 5.08. The van der Waals surface area contributed by atoms with Crippen LogP contribution in [0.3, 0.4) is 0 Å². The summed E-state index contributed by atoms with van der Waals surface area (Å²) in [6.07, 6.45) is 2.00. The number of nitrogens with zero attached hydrogens (tertiary/aromatic N) is 2. The third-order valence-electron chi connectivity index (χ3n) is 3.61. The molecule has 5 nitrogen and oxygen atoms in total. The van der Waals surface area contributed by atoms with Crippen LogP contribution in [0.5, 0.6) is 0 Å². The van der Waals surface area contributed by atoms with Gasteiger partial charge in [0.05, 0.1) is 16.7 Å². The lowest BCUT2D eigenvalue weighted by Crippen LogP contribution is -2.28. The summed E-state index contributed by atoms with van der Waals surface area (Å²) in [7, 11) is 0. The zero-order chi connectivity index (χ0) is 18.4. The summed E-state index contributed by atoms with van der Waals surface area (Å²) in [5.41, 5.74) is 0.468. The average Bonchev–Trinajstić information content (AvgIpc) is 2.55. The van der Waals surface area contributed by atoms with E-state index in [1.807, 2.05) is 13.8 Å². The molecule has 0 saturated heterocycles. The predicted octanol–water partition coefficient (Wildman–Crippen LogP) is 3.71. The van der Waals surface area contributed by atoms with Crippen LogP contribution in [0.15, 0.2) is 28.2 Å². The van der Waals surface area contributed by atoms with E-state index < -0.39 is 0 Å². The van der Waals surface area contributed by atoms with Crippen LogP contribution in [0, 0.1) is 5.92 Å². The van der Waals surface area contributed by atoms with Crippen molar-refractivity contribution >= 4 is 40.2 Å². The third kappa shape index (κ3) is 5.47. The third-order valence-corrected chi connectivity index (χ3v) is 4.83. The Hall–Kier alpha value is -1.53. The fraction of sp³-hybridized carbons (Fsp3) is 0.500. The van der Waals surface area contributed by atoms with Crippen molar-refractivity contribution in [2.24, 2.45) is 5.92 Å². The zero-order valence-corrected chi connectivity index (χ0v) is 16.4. The minimum Gasteiger partial charge on any atom is -0.355 e. The first-order valence-corrected chi connectivity index (χ1v) is 9.88. The molecule has 0 aliphatic rings. The normalized spacial score (nSPS) is 11.2. The molecule has 136 valence electrons. The molecular formula is C18H24ClN3O2S. The standard InChI is InChI=1S/C18H24ClN3O2S/c1-4-5-8-20-16(23)11-25-18-21-15-9-13(19)6-7-14(15)17(24)22(18)10-12(2)3/h6-7,9,12H,4-5,8,10-11H2,1-3H3,(H,20,23). The molecule has 0 aliphatic carbocycles. The number of unbranched alkanes of at least 4 members (excludes halogenated alkanes) is 1. The molecule has 25 heavy (non-hydrogen) atoms. The van der Waals surface area contributed by atoms with Crippen molar-refractivity contribution in [1.29, 1.82) is 0 Å². The highest BCUT2D eigenvalue weighted by atomic mass is 35.5. The molecule has 1 amide bonds. The average molecular weight is 382 g/mol. The number of carbonyl (C=O) groups is 1. The topological polar surface area (TPSA) is 64.0 Å². The van der Waals surface area contributed by atoms with Crippen LogP contribution in [-0.2, 0) is 11.3 Å². The Morgan fingerprint density at radius 2 is 2.16 bits per heavy atom. The number of thioether (sulfide) groups is 1. The second kappa shape index (κ2) is 9.25. The lowest BCUT2D eigenvalue weighted by molar-refractivity contribution is -0.118. The van der Waals surface area contributed by atoms with Gasteiger partial charge >= 0.3 is 0 Å². The number of halogens is 1. The molecular weight excluding hydrogens is 358 g/mol. The number of rotatable bonds is 8. The van der Waals surface area contributed by atoms with Gasteiger partial charge in [0.25, 0.3) is 5.56 Å². The smallest absolute Gasteiger partial charge is 0.262 e. The summed E-state index contributed by atoms with van der Waals surface area (Å²) < 4.78 is 1.66. The first kappa shape index (κ1) is 19.8. The Morgan fingerprint density at radius 1 is 1.40 bits per heavy atom. The molecule has 0 saturated carbocycles. The Bertz CT molecular complexity index is 805.